The summed E-state index contributed by atoms with van der Waals surface area (Å²) in [6.07, 6.45) is -0.620. The third-order valence-corrected chi connectivity index (χ3v) is 3.78. The van der Waals surface area contributed by atoms with Gasteiger partial charge in [0.25, 0.3) is 0 Å². The number of carbonyl (C=O) groups excluding carboxylic acids is 2. The lowest BCUT2D eigenvalue weighted by Gasteiger charge is -2.32. The lowest BCUT2D eigenvalue weighted by atomic mass is 9.93. The van der Waals surface area contributed by atoms with Crippen LogP contribution in [0.3, 0.4) is 0 Å². The zero-order valence-corrected chi connectivity index (χ0v) is 12.9. The Labute approximate surface area is 135 Å². The van der Waals surface area contributed by atoms with Crippen LogP contribution in [-0.2, 0) is 9.53 Å². The fraction of sp³-hybridized carbons (Fsp3) is 0.263. The van der Waals surface area contributed by atoms with Crippen molar-refractivity contribution in [1.29, 1.82) is 0 Å². The molecule has 4 heteroatoms. The van der Waals surface area contributed by atoms with E-state index < -0.39 is 12.2 Å². The minimum atomic E-state index is -0.952. The molecule has 2 aromatic carbocycles. The zero-order valence-electron chi connectivity index (χ0n) is 12.9. The lowest BCUT2D eigenvalue weighted by Crippen LogP contribution is -2.39. The van der Waals surface area contributed by atoms with Crippen molar-refractivity contribution < 1.29 is 19.1 Å². The number of Topliss-reactive ketones (excluding diaryl/α,β-unsaturated/α-hetero) is 1. The van der Waals surface area contributed by atoms with E-state index in [4.69, 9.17) is 9.47 Å². The van der Waals surface area contributed by atoms with E-state index in [-0.39, 0.29) is 18.2 Å². The van der Waals surface area contributed by atoms with E-state index in [1.54, 1.807) is 18.2 Å². The maximum atomic E-state index is 12.8. The number of para-hydroxylation sites is 1. The highest BCUT2D eigenvalue weighted by Gasteiger charge is 2.40. The quantitative estimate of drug-likeness (QED) is 0.808. The predicted molar refractivity (Wildman–Crippen MR) is 85.4 cm³/mol. The zero-order chi connectivity index (χ0) is 16.2. The average Bonchev–Trinajstić information content (AvgIpc) is 2.58. The molecule has 1 aliphatic rings. The van der Waals surface area contributed by atoms with Crippen LogP contribution in [0.1, 0.15) is 41.8 Å². The number of hydrogen-bond donors (Lipinski definition) is 0. The molecule has 0 aromatic heterocycles. The Morgan fingerprint density at radius 3 is 2.52 bits per heavy atom. The van der Waals surface area contributed by atoms with Gasteiger partial charge in [0, 0.05) is 6.42 Å². The maximum absolute atomic E-state index is 12.8. The Morgan fingerprint density at radius 1 is 1.09 bits per heavy atom. The highest BCUT2D eigenvalue weighted by molar-refractivity contribution is 6.04. The highest BCUT2D eigenvalue weighted by Crippen LogP contribution is 2.36. The van der Waals surface area contributed by atoms with Crippen molar-refractivity contribution in [2.75, 3.05) is 0 Å². The molecule has 0 bridgehead atoms. The van der Waals surface area contributed by atoms with Crippen molar-refractivity contribution in [3.63, 3.8) is 0 Å². The minimum Gasteiger partial charge on any atom is -0.481 e. The second-order valence-corrected chi connectivity index (χ2v) is 5.47. The van der Waals surface area contributed by atoms with Gasteiger partial charge in [0.15, 0.2) is 6.10 Å². The van der Waals surface area contributed by atoms with Gasteiger partial charge in [-0.15, -0.1) is 0 Å². The van der Waals surface area contributed by atoms with E-state index in [0.717, 1.165) is 5.56 Å². The Morgan fingerprint density at radius 2 is 1.78 bits per heavy atom. The molecule has 0 saturated heterocycles. The summed E-state index contributed by atoms with van der Waals surface area (Å²) in [6.45, 7) is 1.89. The molecule has 0 saturated carbocycles. The third-order valence-electron chi connectivity index (χ3n) is 3.78. The summed E-state index contributed by atoms with van der Waals surface area (Å²) in [5.74, 6) is -0.0749. The number of hydrogen-bond acceptors (Lipinski definition) is 4. The van der Waals surface area contributed by atoms with Gasteiger partial charge in [-0.3, -0.25) is 9.59 Å². The molecule has 3 rings (SSSR count). The summed E-state index contributed by atoms with van der Waals surface area (Å²) in [5, 5.41) is 0. The van der Waals surface area contributed by atoms with E-state index in [2.05, 4.69) is 0 Å². The van der Waals surface area contributed by atoms with E-state index in [1.165, 1.54) is 0 Å². The van der Waals surface area contributed by atoms with Crippen LogP contribution in [0.2, 0.25) is 0 Å². The van der Waals surface area contributed by atoms with Gasteiger partial charge in [0.2, 0.25) is 11.9 Å². The first-order valence-electron chi connectivity index (χ1n) is 7.75. The van der Waals surface area contributed by atoms with E-state index in [9.17, 15) is 9.59 Å². The molecule has 118 valence electrons. The van der Waals surface area contributed by atoms with Crippen LogP contribution in [0, 0.1) is 0 Å². The number of rotatable bonds is 4. The van der Waals surface area contributed by atoms with Gasteiger partial charge < -0.3 is 9.47 Å². The molecule has 23 heavy (non-hydrogen) atoms. The molecule has 4 nitrogen and oxygen atoms in total. The molecule has 0 unspecified atom stereocenters. The van der Waals surface area contributed by atoms with Gasteiger partial charge in [-0.2, -0.15) is 0 Å². The number of carbonyl (C=O) groups is 2. The molecule has 1 aliphatic heterocycles. The smallest absolute Gasteiger partial charge is 0.306 e. The van der Waals surface area contributed by atoms with Crippen molar-refractivity contribution in [3.8, 4) is 5.75 Å². The van der Waals surface area contributed by atoms with Crippen molar-refractivity contribution in [1.82, 2.24) is 0 Å². The summed E-state index contributed by atoms with van der Waals surface area (Å²) in [5.41, 5.74) is 1.26. The highest BCUT2D eigenvalue weighted by atomic mass is 16.6. The molecule has 0 fully saturated rings. The van der Waals surface area contributed by atoms with Crippen LogP contribution in [0.5, 0.6) is 5.75 Å². The lowest BCUT2D eigenvalue weighted by molar-refractivity contribution is -0.151. The number of benzene rings is 2. The summed E-state index contributed by atoms with van der Waals surface area (Å²) in [7, 11) is 0. The maximum Gasteiger partial charge on any atom is 0.306 e. The fourth-order valence-corrected chi connectivity index (χ4v) is 2.67. The first kappa shape index (κ1) is 15.3. The topological polar surface area (TPSA) is 52.6 Å². The Balaban J connectivity index is 1.97. The van der Waals surface area contributed by atoms with Crippen LogP contribution in [0.25, 0.3) is 0 Å². The Kier molecular flexibility index (Phi) is 4.42. The summed E-state index contributed by atoms with van der Waals surface area (Å²) in [6, 6.07) is 16.4. The predicted octanol–water partition coefficient (Wildman–Crippen LogP) is 3.71. The summed E-state index contributed by atoms with van der Waals surface area (Å²) >= 11 is 0. The monoisotopic (exact) mass is 310 g/mol. The standard InChI is InChI=1S/C19H18O4/c1-2-8-16(20)23-19-17(21)14-11-6-7-12-15(14)22-18(19)13-9-4-3-5-10-13/h3-7,9-12,18-19H,2,8H2,1H3/t18-,19+/m0/s1. The van der Waals surface area contributed by atoms with Crippen molar-refractivity contribution in [3.05, 3.63) is 65.7 Å². The second kappa shape index (κ2) is 6.65. The number of esters is 1. The van der Waals surface area contributed by atoms with Gasteiger partial charge in [-0.05, 0) is 24.1 Å². The van der Waals surface area contributed by atoms with Gasteiger partial charge in [0.05, 0.1) is 5.56 Å². The number of ether oxygens (including phenoxy) is 2. The van der Waals surface area contributed by atoms with Crippen molar-refractivity contribution in [2.45, 2.75) is 32.0 Å². The molecule has 0 amide bonds. The van der Waals surface area contributed by atoms with E-state index >= 15 is 0 Å². The summed E-state index contributed by atoms with van der Waals surface area (Å²) in [4.78, 5) is 24.7. The van der Waals surface area contributed by atoms with E-state index in [0.29, 0.717) is 17.7 Å². The molecular formula is C19H18O4. The minimum absolute atomic E-state index is 0.217. The first-order chi connectivity index (χ1) is 11.2. The van der Waals surface area contributed by atoms with Gasteiger partial charge >= 0.3 is 5.97 Å². The van der Waals surface area contributed by atoms with Crippen molar-refractivity contribution >= 4 is 11.8 Å². The molecule has 0 aliphatic carbocycles. The van der Waals surface area contributed by atoms with Gasteiger partial charge in [0.1, 0.15) is 5.75 Å². The molecule has 2 aromatic rings. The third kappa shape index (κ3) is 3.11. The normalized spacial score (nSPS) is 19.6. The molecule has 0 radical (unpaired) electrons. The first-order valence-corrected chi connectivity index (χ1v) is 7.75. The van der Waals surface area contributed by atoms with Crippen LogP contribution in [0.15, 0.2) is 54.6 Å². The molecule has 2 atom stereocenters. The molecule has 1 heterocycles. The largest absolute Gasteiger partial charge is 0.481 e. The average molecular weight is 310 g/mol. The van der Waals surface area contributed by atoms with Crippen molar-refractivity contribution in [2.24, 2.45) is 0 Å². The summed E-state index contributed by atoms with van der Waals surface area (Å²) < 4.78 is 11.4. The van der Waals surface area contributed by atoms with E-state index in [1.807, 2.05) is 43.3 Å². The van der Waals surface area contributed by atoms with Crippen LogP contribution < -0.4 is 4.74 Å². The SMILES string of the molecule is CCCC(=O)O[C@@H]1C(=O)c2ccccc2O[C@H]1c1ccccc1. The number of fused-ring (bicyclic) bond motifs is 1. The Bertz CT molecular complexity index is 708. The number of ketones is 1. The van der Waals surface area contributed by atoms with Crippen LogP contribution in [0.4, 0.5) is 0 Å². The van der Waals surface area contributed by atoms with Crippen LogP contribution in [-0.4, -0.2) is 17.9 Å². The Hall–Kier alpha value is -2.62. The molecule has 0 N–H and O–H groups in total. The second-order valence-electron chi connectivity index (χ2n) is 5.47. The van der Waals surface area contributed by atoms with Gasteiger partial charge in [-0.1, -0.05) is 49.4 Å². The fourth-order valence-electron chi connectivity index (χ4n) is 2.67. The van der Waals surface area contributed by atoms with Crippen LogP contribution >= 0.6 is 0 Å². The van der Waals surface area contributed by atoms with Gasteiger partial charge in [-0.25, -0.2) is 0 Å². The molecule has 0 spiro atoms. The molecular weight excluding hydrogens is 292 g/mol.